The zero-order valence-corrected chi connectivity index (χ0v) is 7.66. The molecule has 1 unspecified atom stereocenters. The van der Waals surface area contributed by atoms with Gasteiger partial charge in [0.15, 0.2) is 5.71 Å². The van der Waals surface area contributed by atoms with Crippen LogP contribution in [0.5, 0.6) is 0 Å². The molecule has 1 aliphatic rings. The smallest absolute Gasteiger partial charge is 0.356 e. The van der Waals surface area contributed by atoms with Gasteiger partial charge in [-0.1, -0.05) is 5.16 Å². The molecule has 1 aliphatic heterocycles. The molecule has 5 nitrogen and oxygen atoms in total. The largest absolute Gasteiger partial charge is 0.461 e. The van der Waals surface area contributed by atoms with Crippen LogP contribution in [0.2, 0.25) is 0 Å². The predicted octanol–water partition coefficient (Wildman–Crippen LogP) is 0.0432. The van der Waals surface area contributed by atoms with Crippen molar-refractivity contribution in [2.24, 2.45) is 10.9 Å². The molecule has 0 saturated heterocycles. The standard InChI is InChI=1S/C8H14N2O3/c1-2-12-8(11)7-5-6(3-4-9)13-10-7/h6H,2-5,9H2,1H3. The topological polar surface area (TPSA) is 73.9 Å². The number of oxime groups is 1. The van der Waals surface area contributed by atoms with E-state index in [1.54, 1.807) is 6.92 Å². The van der Waals surface area contributed by atoms with E-state index in [-0.39, 0.29) is 12.1 Å². The summed E-state index contributed by atoms with van der Waals surface area (Å²) in [6, 6.07) is 0. The summed E-state index contributed by atoms with van der Waals surface area (Å²) in [5.74, 6) is -0.387. The summed E-state index contributed by atoms with van der Waals surface area (Å²) < 4.78 is 4.77. The van der Waals surface area contributed by atoms with Crippen LogP contribution in [0.1, 0.15) is 19.8 Å². The van der Waals surface area contributed by atoms with Gasteiger partial charge in [-0.25, -0.2) is 4.79 Å². The monoisotopic (exact) mass is 186 g/mol. The van der Waals surface area contributed by atoms with Crippen LogP contribution >= 0.6 is 0 Å². The first-order valence-corrected chi connectivity index (χ1v) is 4.37. The van der Waals surface area contributed by atoms with E-state index in [1.165, 1.54) is 0 Å². The van der Waals surface area contributed by atoms with Gasteiger partial charge in [0.1, 0.15) is 6.10 Å². The molecule has 0 amide bonds. The van der Waals surface area contributed by atoms with Gasteiger partial charge in [0.2, 0.25) is 0 Å². The molecule has 0 spiro atoms. The molecule has 5 heteroatoms. The van der Waals surface area contributed by atoms with E-state index in [2.05, 4.69) is 5.16 Å². The third-order valence-corrected chi connectivity index (χ3v) is 1.73. The maximum atomic E-state index is 11.1. The summed E-state index contributed by atoms with van der Waals surface area (Å²) in [5, 5.41) is 3.64. The van der Waals surface area contributed by atoms with Gasteiger partial charge < -0.3 is 15.3 Å². The molecule has 74 valence electrons. The number of carbonyl (C=O) groups excluding carboxylic acids is 1. The van der Waals surface area contributed by atoms with Gasteiger partial charge in [-0.05, 0) is 19.9 Å². The first kappa shape index (κ1) is 9.98. The second-order valence-corrected chi connectivity index (χ2v) is 2.77. The Kier molecular flexibility index (Phi) is 3.70. The zero-order valence-electron chi connectivity index (χ0n) is 7.66. The predicted molar refractivity (Wildman–Crippen MR) is 47.2 cm³/mol. The molecule has 0 aromatic heterocycles. The summed E-state index contributed by atoms with van der Waals surface area (Å²) in [4.78, 5) is 16.1. The SMILES string of the molecule is CCOC(=O)C1=NOC(CCN)C1. The second kappa shape index (κ2) is 4.81. The van der Waals surface area contributed by atoms with Gasteiger partial charge in [0.25, 0.3) is 0 Å². The van der Waals surface area contributed by atoms with E-state index in [0.29, 0.717) is 31.7 Å². The van der Waals surface area contributed by atoms with Crippen LogP contribution in [0.3, 0.4) is 0 Å². The van der Waals surface area contributed by atoms with E-state index >= 15 is 0 Å². The van der Waals surface area contributed by atoms with Gasteiger partial charge in [-0.15, -0.1) is 0 Å². The van der Waals surface area contributed by atoms with Crippen molar-refractivity contribution >= 4 is 11.7 Å². The fourth-order valence-electron chi connectivity index (χ4n) is 1.10. The van der Waals surface area contributed by atoms with Crippen molar-refractivity contribution in [2.75, 3.05) is 13.2 Å². The lowest BCUT2D eigenvalue weighted by Crippen LogP contribution is -2.19. The summed E-state index contributed by atoms with van der Waals surface area (Å²) in [5.41, 5.74) is 5.70. The summed E-state index contributed by atoms with van der Waals surface area (Å²) in [6.45, 7) is 2.65. The van der Waals surface area contributed by atoms with Crippen molar-refractivity contribution in [1.82, 2.24) is 0 Å². The number of esters is 1. The van der Waals surface area contributed by atoms with Crippen molar-refractivity contribution in [3.05, 3.63) is 0 Å². The molecule has 0 saturated carbocycles. The minimum Gasteiger partial charge on any atom is -0.461 e. The molecule has 1 atom stereocenters. The average Bonchev–Trinajstić information content (AvgIpc) is 2.54. The van der Waals surface area contributed by atoms with Gasteiger partial charge in [0.05, 0.1) is 6.61 Å². The fraction of sp³-hybridized carbons (Fsp3) is 0.750. The van der Waals surface area contributed by atoms with Crippen molar-refractivity contribution in [1.29, 1.82) is 0 Å². The molecule has 2 N–H and O–H groups in total. The third-order valence-electron chi connectivity index (χ3n) is 1.73. The van der Waals surface area contributed by atoms with E-state index < -0.39 is 0 Å². The lowest BCUT2D eigenvalue weighted by Gasteiger charge is -2.04. The molecular weight excluding hydrogens is 172 g/mol. The quantitative estimate of drug-likeness (QED) is 0.629. The molecule has 0 fully saturated rings. The maximum absolute atomic E-state index is 11.1. The Morgan fingerprint density at radius 1 is 1.85 bits per heavy atom. The normalized spacial score (nSPS) is 20.8. The van der Waals surface area contributed by atoms with Crippen LogP contribution in [0.25, 0.3) is 0 Å². The summed E-state index contributed by atoms with van der Waals surface area (Å²) in [7, 11) is 0. The lowest BCUT2D eigenvalue weighted by atomic mass is 10.1. The van der Waals surface area contributed by atoms with Crippen LogP contribution in [-0.4, -0.2) is 30.9 Å². The van der Waals surface area contributed by atoms with E-state index in [1.807, 2.05) is 0 Å². The molecular formula is C8H14N2O3. The number of hydrogen-bond donors (Lipinski definition) is 1. The molecule has 1 heterocycles. The van der Waals surface area contributed by atoms with E-state index in [4.69, 9.17) is 15.3 Å². The lowest BCUT2D eigenvalue weighted by molar-refractivity contribution is -0.135. The number of nitrogens with zero attached hydrogens (tertiary/aromatic N) is 1. The van der Waals surface area contributed by atoms with Gasteiger partial charge in [0, 0.05) is 6.42 Å². The van der Waals surface area contributed by atoms with Gasteiger partial charge in [-0.3, -0.25) is 0 Å². The Labute approximate surface area is 76.9 Å². The first-order chi connectivity index (χ1) is 6.27. The molecule has 13 heavy (non-hydrogen) atoms. The molecule has 0 bridgehead atoms. The molecule has 0 aliphatic carbocycles. The van der Waals surface area contributed by atoms with Crippen LogP contribution in [0.15, 0.2) is 5.16 Å². The Bertz CT molecular complexity index is 215. The minimum absolute atomic E-state index is 0.0515. The Hall–Kier alpha value is -1.10. The van der Waals surface area contributed by atoms with Crippen LogP contribution in [0.4, 0.5) is 0 Å². The maximum Gasteiger partial charge on any atom is 0.356 e. The van der Waals surface area contributed by atoms with Gasteiger partial charge >= 0.3 is 5.97 Å². The Balaban J connectivity index is 2.34. The van der Waals surface area contributed by atoms with Crippen LogP contribution in [0, 0.1) is 0 Å². The summed E-state index contributed by atoms with van der Waals surface area (Å²) in [6.07, 6.45) is 1.17. The minimum atomic E-state index is -0.387. The highest BCUT2D eigenvalue weighted by Crippen LogP contribution is 2.13. The zero-order chi connectivity index (χ0) is 9.68. The molecule has 0 radical (unpaired) electrons. The number of rotatable bonds is 4. The third kappa shape index (κ3) is 2.69. The summed E-state index contributed by atoms with van der Waals surface area (Å²) >= 11 is 0. The van der Waals surface area contributed by atoms with Gasteiger partial charge in [-0.2, -0.15) is 0 Å². The Morgan fingerprint density at radius 3 is 3.23 bits per heavy atom. The van der Waals surface area contributed by atoms with Crippen molar-refractivity contribution in [2.45, 2.75) is 25.9 Å². The fourth-order valence-corrected chi connectivity index (χ4v) is 1.10. The number of carbonyl (C=O) groups is 1. The first-order valence-electron chi connectivity index (χ1n) is 4.37. The number of hydrogen-bond acceptors (Lipinski definition) is 5. The highest BCUT2D eigenvalue weighted by molar-refractivity contribution is 6.36. The Morgan fingerprint density at radius 2 is 2.62 bits per heavy atom. The van der Waals surface area contributed by atoms with Crippen molar-refractivity contribution < 1.29 is 14.4 Å². The average molecular weight is 186 g/mol. The van der Waals surface area contributed by atoms with Crippen LogP contribution in [-0.2, 0) is 14.4 Å². The molecule has 0 aromatic carbocycles. The van der Waals surface area contributed by atoms with E-state index in [9.17, 15) is 4.79 Å². The molecule has 0 aromatic rings. The van der Waals surface area contributed by atoms with Crippen molar-refractivity contribution in [3.8, 4) is 0 Å². The number of ether oxygens (including phenoxy) is 1. The molecule has 1 rings (SSSR count). The highest BCUT2D eigenvalue weighted by Gasteiger charge is 2.26. The second-order valence-electron chi connectivity index (χ2n) is 2.77. The number of nitrogens with two attached hydrogens (primary N) is 1. The van der Waals surface area contributed by atoms with Crippen molar-refractivity contribution in [3.63, 3.8) is 0 Å². The van der Waals surface area contributed by atoms with E-state index in [0.717, 1.165) is 0 Å². The van der Waals surface area contributed by atoms with Crippen LogP contribution < -0.4 is 5.73 Å². The highest BCUT2D eigenvalue weighted by atomic mass is 16.6.